The van der Waals surface area contributed by atoms with Crippen molar-refractivity contribution in [3.05, 3.63) is 323 Å². The number of aromatic hydroxyl groups is 1. The molecule has 45 heteroatoms. The van der Waals surface area contributed by atoms with Gasteiger partial charge in [0.2, 0.25) is 0 Å². The van der Waals surface area contributed by atoms with E-state index in [0.717, 1.165) is 59.2 Å². The highest BCUT2D eigenvalue weighted by molar-refractivity contribution is 7.16. The SMILES string of the molecule is CC(=NNC(=O)c1ccc([N+](=O)[O-])cn1)c1ccc(F)cc1.COc1cc(OC)c(C=NNC(=O)c2ccc([N+](=O)[O-])cn2)c(OC)c1.O=C(NN=Cc1c(O)ccc2ccccc12)c1ccc([N+](=O)[O-])cn1.O=C(NN=Cc1ccc([N+](=O)[O-])s1)c1ccc([N+](=O)[O-])cn1.O=C(NN=Cc1ccccn1)c1ccc([N+](=O)[O-])cn1. The molecule has 0 aliphatic rings. The second-order valence-electron chi connectivity index (χ2n) is 21.6. The summed E-state index contributed by atoms with van der Waals surface area (Å²) in [5.41, 5.74) is 12.9. The molecule has 7 heterocycles. The van der Waals surface area contributed by atoms with E-state index >= 15 is 0 Å². The molecule has 7 aromatic heterocycles. The van der Waals surface area contributed by atoms with E-state index in [2.05, 4.69) is 82.5 Å². The number of nitrogens with zero attached hydrogens (tertiary/aromatic N) is 17. The van der Waals surface area contributed by atoms with E-state index in [1.165, 1.54) is 137 Å². The van der Waals surface area contributed by atoms with Gasteiger partial charge in [-0.3, -0.25) is 89.6 Å². The third-order valence-electron chi connectivity index (χ3n) is 14.2. The Balaban J connectivity index is 0.000000200. The highest BCUT2D eigenvalue weighted by Gasteiger charge is 2.18. The van der Waals surface area contributed by atoms with E-state index in [4.69, 9.17) is 14.2 Å². The number of fused-ring (bicyclic) bond motifs is 1. The Labute approximate surface area is 647 Å². The summed E-state index contributed by atoms with van der Waals surface area (Å²) in [6.45, 7) is 1.65. The van der Waals surface area contributed by atoms with Gasteiger partial charge in [-0.15, -0.1) is 0 Å². The van der Waals surface area contributed by atoms with Gasteiger partial charge in [0, 0.05) is 60.3 Å². The second-order valence-corrected chi connectivity index (χ2v) is 22.7. The Morgan fingerprint density at radius 2 is 0.835 bits per heavy atom. The number of halogens is 1. The first-order chi connectivity index (χ1) is 55.2. The number of phenolic OH excluding ortho intramolecular Hbond substituents is 1. The number of ether oxygens (including phenoxy) is 3. The van der Waals surface area contributed by atoms with Crippen LogP contribution in [0.2, 0.25) is 0 Å². The number of nitrogens with one attached hydrogen (secondary N) is 5. The minimum Gasteiger partial charge on any atom is -0.507 e. The fourth-order valence-corrected chi connectivity index (χ4v) is 9.18. The molecule has 115 heavy (non-hydrogen) atoms. The topological polar surface area (TPSA) is 591 Å². The predicted octanol–water partition coefficient (Wildman–Crippen LogP) is 9.55. The van der Waals surface area contributed by atoms with E-state index < -0.39 is 59.1 Å². The largest absolute Gasteiger partial charge is 0.507 e. The third kappa shape index (κ3) is 26.1. The van der Waals surface area contributed by atoms with Crippen LogP contribution in [0.3, 0.4) is 0 Å². The number of nitro groups is 6. The fraction of sp³-hybridized carbons (Fsp3) is 0.0571. The number of benzene rings is 4. The van der Waals surface area contributed by atoms with Crippen molar-refractivity contribution in [1.82, 2.24) is 57.0 Å². The number of hydrogen-bond donors (Lipinski definition) is 6. The molecular formula is C70H55FN22O21S. The maximum absolute atomic E-state index is 12.8. The number of methoxy groups -OCH3 is 3. The summed E-state index contributed by atoms with van der Waals surface area (Å²) in [7, 11) is 4.47. The molecule has 0 bridgehead atoms. The van der Waals surface area contributed by atoms with Gasteiger partial charge in [-0.1, -0.05) is 59.9 Å². The van der Waals surface area contributed by atoms with Gasteiger partial charge >= 0.3 is 5.00 Å². The standard InChI is InChI=1S/C17H12N4O4.C16H16N4O6.C14H11FN4O3.C12H9N5O3.C11H7N5O5S/c22-16-8-5-11-3-1-2-4-13(11)14(16)10-19-20-17(23)15-7-6-12(9-18-15)21(24)25;1-24-11-6-14(25-2)12(15(7-11)26-3)9-18-19-16(21)13-5-4-10(8-17-13)20(22)23;1-9(10-2-4-11(15)5-3-10)17-18-14(20)13-7-6-12(8-16-13)19(21)22;18-12(11-5-4-10(8-14-11)17(19)20)16-15-7-9-3-1-2-6-13-9;17-11(9-3-1-7(5-12-9)15(18)19)14-13-6-8-2-4-10(22-8)16(20)21/h1-10,22H,(H,20,23);4-9H,1-3H3,(H,19,21);2-8H,1H3,(H,18,20);1-8H,(H,16,18);1-6H,(H,14,17). The minimum absolute atomic E-state index is 0.00116. The van der Waals surface area contributed by atoms with Crippen LogP contribution in [0.5, 0.6) is 23.0 Å². The highest BCUT2D eigenvalue weighted by atomic mass is 32.1. The third-order valence-corrected chi connectivity index (χ3v) is 15.1. The lowest BCUT2D eigenvalue weighted by Gasteiger charge is -2.12. The number of carbonyl (C=O) groups is 5. The number of thiophene rings is 1. The first-order valence-electron chi connectivity index (χ1n) is 31.8. The Kier molecular flexibility index (Phi) is 31.5. The number of amides is 5. The molecule has 0 spiro atoms. The van der Waals surface area contributed by atoms with Crippen LogP contribution in [-0.4, -0.2) is 146 Å². The van der Waals surface area contributed by atoms with Crippen molar-refractivity contribution in [2.75, 3.05) is 21.3 Å². The smallest absolute Gasteiger partial charge is 0.324 e. The van der Waals surface area contributed by atoms with Crippen LogP contribution in [-0.2, 0) is 0 Å². The molecule has 5 amide bonds. The van der Waals surface area contributed by atoms with Crippen molar-refractivity contribution in [3.63, 3.8) is 0 Å². The molecule has 0 aliphatic heterocycles. The maximum atomic E-state index is 12.8. The molecular weight excluding hydrogens is 1540 g/mol. The van der Waals surface area contributed by atoms with Crippen molar-refractivity contribution in [2.24, 2.45) is 25.5 Å². The molecule has 11 rings (SSSR count). The normalized spacial score (nSPS) is 10.7. The van der Waals surface area contributed by atoms with Gasteiger partial charge in [0.15, 0.2) is 0 Å². The van der Waals surface area contributed by atoms with Crippen molar-refractivity contribution in [2.45, 2.75) is 6.92 Å². The van der Waals surface area contributed by atoms with E-state index in [1.807, 2.05) is 24.3 Å². The molecule has 0 aliphatic carbocycles. The molecule has 0 radical (unpaired) electrons. The van der Waals surface area contributed by atoms with Gasteiger partial charge in [0.05, 0.1) is 97.6 Å². The zero-order valence-electron chi connectivity index (χ0n) is 59.4. The van der Waals surface area contributed by atoms with Crippen LogP contribution >= 0.6 is 11.3 Å². The minimum atomic E-state index is -0.655. The summed E-state index contributed by atoms with van der Waals surface area (Å²) in [6, 6.07) is 39.8. The van der Waals surface area contributed by atoms with Gasteiger partial charge < -0.3 is 19.3 Å². The quantitative estimate of drug-likeness (QED) is 0.0186. The molecule has 43 nitrogen and oxygen atoms in total. The molecule has 11 aromatic rings. The van der Waals surface area contributed by atoms with E-state index in [-0.39, 0.29) is 73.5 Å². The number of pyridine rings is 6. The molecule has 0 atom stereocenters. The lowest BCUT2D eigenvalue weighted by atomic mass is 10.0. The highest BCUT2D eigenvalue weighted by Crippen LogP contribution is 2.33. The molecule has 0 saturated carbocycles. The maximum Gasteiger partial charge on any atom is 0.324 e. The zero-order valence-corrected chi connectivity index (χ0v) is 60.2. The summed E-state index contributed by atoms with van der Waals surface area (Å²) >= 11 is 0.903. The molecule has 584 valence electrons. The van der Waals surface area contributed by atoms with E-state index in [0.29, 0.717) is 50.2 Å². The Hall–Kier alpha value is -17.0. The summed E-state index contributed by atoms with van der Waals surface area (Å²) in [6.07, 6.45) is 11.9. The number of phenols is 1. The van der Waals surface area contributed by atoms with Crippen molar-refractivity contribution in [3.8, 4) is 23.0 Å². The molecule has 0 saturated heterocycles. The number of hydrogen-bond acceptors (Lipinski definition) is 33. The number of carbonyl (C=O) groups excluding carboxylic acids is 5. The summed E-state index contributed by atoms with van der Waals surface area (Å²) < 4.78 is 28.5. The van der Waals surface area contributed by atoms with Crippen LogP contribution < -0.4 is 41.3 Å². The number of rotatable bonds is 24. The fourth-order valence-electron chi connectivity index (χ4n) is 8.48. The van der Waals surface area contributed by atoms with Gasteiger partial charge in [-0.2, -0.15) is 25.5 Å². The average Bonchev–Trinajstić information content (AvgIpc) is 1.17. The van der Waals surface area contributed by atoms with E-state index in [1.54, 1.807) is 55.6 Å². The molecule has 6 N–H and O–H groups in total. The van der Waals surface area contributed by atoms with E-state index in [9.17, 15) is 94.2 Å². The monoisotopic (exact) mass is 1590 g/mol. The first-order valence-corrected chi connectivity index (χ1v) is 32.6. The number of hydrazone groups is 5. The summed E-state index contributed by atoms with van der Waals surface area (Å²) in [5, 5.41) is 93.6. The van der Waals surface area contributed by atoms with Crippen molar-refractivity contribution < 1.29 is 77.2 Å². The average molecular weight is 1590 g/mol. The van der Waals surface area contributed by atoms with Crippen LogP contribution in [0, 0.1) is 66.5 Å². The van der Waals surface area contributed by atoms with Gasteiger partial charge in [0.25, 0.3) is 58.0 Å². The van der Waals surface area contributed by atoms with Crippen LogP contribution in [0.15, 0.2) is 226 Å². The lowest BCUT2D eigenvalue weighted by molar-refractivity contribution is -0.385. The van der Waals surface area contributed by atoms with Crippen LogP contribution in [0.4, 0.5) is 37.8 Å². The van der Waals surface area contributed by atoms with Crippen molar-refractivity contribution in [1.29, 1.82) is 0 Å². The molecule has 4 aromatic carbocycles. The molecule has 0 unspecified atom stereocenters. The van der Waals surface area contributed by atoms with Crippen LogP contribution in [0.1, 0.15) is 86.6 Å². The Morgan fingerprint density at radius 1 is 0.435 bits per heavy atom. The lowest BCUT2D eigenvalue weighted by Crippen LogP contribution is -2.20. The summed E-state index contributed by atoms with van der Waals surface area (Å²) in [4.78, 5) is 141. The summed E-state index contributed by atoms with van der Waals surface area (Å²) in [5.74, 6) is -1.98. The first kappa shape index (κ1) is 85.2. The predicted molar refractivity (Wildman–Crippen MR) is 408 cm³/mol. The zero-order chi connectivity index (χ0) is 83.5. The van der Waals surface area contributed by atoms with Gasteiger partial charge in [-0.25, -0.2) is 56.4 Å². The second kappa shape index (κ2) is 42.5. The molecule has 0 fully saturated rings. The Bertz CT molecular complexity index is 5490. The van der Waals surface area contributed by atoms with Crippen LogP contribution in [0.25, 0.3) is 10.8 Å². The Morgan fingerprint density at radius 3 is 1.21 bits per heavy atom. The number of aromatic nitrogens is 6. The van der Waals surface area contributed by atoms with Gasteiger partial charge in [0.1, 0.15) is 88.3 Å². The van der Waals surface area contributed by atoms with Crippen molar-refractivity contribution >= 4 is 116 Å². The van der Waals surface area contributed by atoms with Gasteiger partial charge in [-0.05, 0) is 90.0 Å².